The number of anilines is 2. The average Bonchev–Trinajstić information content (AvgIpc) is 2.09. The summed E-state index contributed by atoms with van der Waals surface area (Å²) < 4.78 is 26.3. The molecule has 0 fully saturated rings. The van der Waals surface area contributed by atoms with Crippen molar-refractivity contribution in [1.82, 2.24) is 4.31 Å². The lowest BCUT2D eigenvalue weighted by Gasteiger charge is -2.14. The second kappa shape index (κ2) is 4.26. The first-order chi connectivity index (χ1) is 6.83. The third kappa shape index (κ3) is 2.98. The number of hydrogen-bond donors (Lipinski definition) is 2. The van der Waals surface area contributed by atoms with Gasteiger partial charge in [0.1, 0.15) is 0 Å². The van der Waals surface area contributed by atoms with Gasteiger partial charge in [0, 0.05) is 19.8 Å². The van der Waals surface area contributed by atoms with E-state index in [1.54, 1.807) is 6.07 Å². The lowest BCUT2D eigenvalue weighted by molar-refractivity contribution is 0.527. The van der Waals surface area contributed by atoms with Crippen LogP contribution < -0.4 is 10.5 Å². The summed E-state index contributed by atoms with van der Waals surface area (Å²) in [4.78, 5) is 0. The number of halogens is 1. The van der Waals surface area contributed by atoms with Gasteiger partial charge in [0.15, 0.2) is 0 Å². The van der Waals surface area contributed by atoms with E-state index in [-0.39, 0.29) is 5.02 Å². The third-order valence-corrected chi connectivity index (χ3v) is 3.46. The summed E-state index contributed by atoms with van der Waals surface area (Å²) in [5, 5.41) is 0.264. The lowest BCUT2D eigenvalue weighted by atomic mass is 10.3. The molecule has 0 aliphatic carbocycles. The van der Waals surface area contributed by atoms with Gasteiger partial charge in [-0.1, -0.05) is 11.6 Å². The van der Waals surface area contributed by atoms with E-state index in [9.17, 15) is 8.42 Å². The average molecular weight is 250 g/mol. The van der Waals surface area contributed by atoms with Crippen molar-refractivity contribution >= 4 is 33.2 Å². The third-order valence-electron chi connectivity index (χ3n) is 1.71. The maximum atomic E-state index is 11.5. The van der Waals surface area contributed by atoms with Crippen LogP contribution in [0.5, 0.6) is 0 Å². The van der Waals surface area contributed by atoms with Crippen LogP contribution >= 0.6 is 11.6 Å². The van der Waals surface area contributed by atoms with Crippen LogP contribution in [0.1, 0.15) is 0 Å². The fourth-order valence-electron chi connectivity index (χ4n) is 0.844. The molecule has 0 spiro atoms. The molecular weight excluding hydrogens is 238 g/mol. The molecule has 1 aromatic rings. The second-order valence-corrected chi connectivity index (χ2v) is 5.42. The standard InChI is InChI=1S/C8H12ClN3O2S/c1-12(2)15(13,14)11-8-4-3-6(10)5-7(8)9/h3-5,11H,10H2,1-2H3. The quantitative estimate of drug-likeness (QED) is 0.789. The van der Waals surface area contributed by atoms with Crippen LogP contribution in [0.3, 0.4) is 0 Å². The number of nitrogens with one attached hydrogen (secondary N) is 1. The Kier molecular flexibility index (Phi) is 3.43. The Morgan fingerprint density at radius 2 is 2.00 bits per heavy atom. The van der Waals surface area contributed by atoms with Gasteiger partial charge in [-0.15, -0.1) is 0 Å². The number of hydrogen-bond acceptors (Lipinski definition) is 3. The Morgan fingerprint density at radius 3 is 2.47 bits per heavy atom. The van der Waals surface area contributed by atoms with Gasteiger partial charge < -0.3 is 5.73 Å². The molecule has 0 bridgehead atoms. The highest BCUT2D eigenvalue weighted by atomic mass is 35.5. The lowest BCUT2D eigenvalue weighted by Crippen LogP contribution is -2.29. The van der Waals surface area contributed by atoms with Gasteiger partial charge >= 0.3 is 10.2 Å². The van der Waals surface area contributed by atoms with Crippen molar-refractivity contribution in [1.29, 1.82) is 0 Å². The second-order valence-electron chi connectivity index (χ2n) is 3.13. The fourth-order valence-corrected chi connectivity index (χ4v) is 1.78. The van der Waals surface area contributed by atoms with E-state index >= 15 is 0 Å². The Bertz CT molecular complexity index is 459. The molecule has 0 radical (unpaired) electrons. The zero-order valence-corrected chi connectivity index (χ0v) is 9.93. The van der Waals surface area contributed by atoms with Crippen molar-refractivity contribution in [3.63, 3.8) is 0 Å². The number of nitrogens with zero attached hydrogens (tertiary/aromatic N) is 1. The van der Waals surface area contributed by atoms with Gasteiger partial charge in [-0.25, -0.2) is 0 Å². The van der Waals surface area contributed by atoms with Crippen LogP contribution in [-0.4, -0.2) is 26.8 Å². The molecule has 0 aliphatic rings. The summed E-state index contributed by atoms with van der Waals surface area (Å²) >= 11 is 5.81. The number of rotatable bonds is 3. The summed E-state index contributed by atoms with van der Waals surface area (Å²) in [7, 11) is -0.680. The van der Waals surface area contributed by atoms with Gasteiger partial charge in [0.2, 0.25) is 0 Å². The van der Waals surface area contributed by atoms with Gasteiger partial charge in [-0.05, 0) is 18.2 Å². The van der Waals surface area contributed by atoms with E-state index in [4.69, 9.17) is 17.3 Å². The molecule has 1 aromatic carbocycles. The number of benzene rings is 1. The van der Waals surface area contributed by atoms with Crippen molar-refractivity contribution in [2.24, 2.45) is 0 Å². The summed E-state index contributed by atoms with van der Waals surface area (Å²) in [6, 6.07) is 4.56. The van der Waals surface area contributed by atoms with Crippen LogP contribution in [0.15, 0.2) is 18.2 Å². The van der Waals surface area contributed by atoms with Crippen molar-refractivity contribution in [3.8, 4) is 0 Å². The van der Waals surface area contributed by atoms with E-state index in [1.165, 1.54) is 26.2 Å². The molecule has 0 saturated heterocycles. The van der Waals surface area contributed by atoms with Crippen LogP contribution in [-0.2, 0) is 10.2 Å². The first-order valence-electron chi connectivity index (χ1n) is 4.08. The SMILES string of the molecule is CN(C)S(=O)(=O)Nc1ccc(N)cc1Cl. The smallest absolute Gasteiger partial charge is 0.301 e. The predicted molar refractivity (Wildman–Crippen MR) is 62.1 cm³/mol. The van der Waals surface area contributed by atoms with E-state index in [0.717, 1.165) is 4.31 Å². The molecule has 0 aliphatic heterocycles. The maximum absolute atomic E-state index is 11.5. The molecule has 0 saturated carbocycles. The highest BCUT2D eigenvalue weighted by molar-refractivity contribution is 7.90. The zero-order chi connectivity index (χ0) is 11.6. The molecule has 7 heteroatoms. The maximum Gasteiger partial charge on any atom is 0.301 e. The largest absolute Gasteiger partial charge is 0.399 e. The predicted octanol–water partition coefficient (Wildman–Crippen LogP) is 1.14. The van der Waals surface area contributed by atoms with Crippen molar-refractivity contribution in [3.05, 3.63) is 23.2 Å². The van der Waals surface area contributed by atoms with Gasteiger partial charge in [0.25, 0.3) is 0 Å². The molecule has 0 unspecified atom stereocenters. The van der Waals surface area contributed by atoms with Gasteiger partial charge in [0.05, 0.1) is 10.7 Å². The molecule has 3 N–H and O–H groups in total. The molecule has 0 amide bonds. The van der Waals surface area contributed by atoms with E-state index in [0.29, 0.717) is 11.4 Å². The van der Waals surface area contributed by atoms with Crippen molar-refractivity contribution in [2.75, 3.05) is 24.6 Å². The first-order valence-corrected chi connectivity index (χ1v) is 5.90. The minimum absolute atomic E-state index is 0.264. The highest BCUT2D eigenvalue weighted by Crippen LogP contribution is 2.25. The summed E-state index contributed by atoms with van der Waals surface area (Å²) in [5.41, 5.74) is 6.26. The Hall–Kier alpha value is -0.980. The summed E-state index contributed by atoms with van der Waals surface area (Å²) in [6.45, 7) is 0. The fraction of sp³-hybridized carbons (Fsp3) is 0.250. The summed E-state index contributed by atoms with van der Waals surface area (Å²) in [6.07, 6.45) is 0. The van der Waals surface area contributed by atoms with Gasteiger partial charge in [-0.2, -0.15) is 12.7 Å². The van der Waals surface area contributed by atoms with Crippen molar-refractivity contribution in [2.45, 2.75) is 0 Å². The number of nitrogens with two attached hydrogens (primary N) is 1. The molecule has 84 valence electrons. The van der Waals surface area contributed by atoms with Crippen LogP contribution in [0.2, 0.25) is 5.02 Å². The van der Waals surface area contributed by atoms with Crippen molar-refractivity contribution < 1.29 is 8.42 Å². The molecule has 1 rings (SSSR count). The van der Waals surface area contributed by atoms with E-state index in [2.05, 4.69) is 4.72 Å². The monoisotopic (exact) mass is 249 g/mol. The topological polar surface area (TPSA) is 75.4 Å². The highest BCUT2D eigenvalue weighted by Gasteiger charge is 2.14. The van der Waals surface area contributed by atoms with Crippen LogP contribution in [0.25, 0.3) is 0 Å². The summed E-state index contributed by atoms with van der Waals surface area (Å²) in [5.74, 6) is 0. The Morgan fingerprint density at radius 1 is 1.40 bits per heavy atom. The molecular formula is C8H12ClN3O2S. The number of nitrogen functional groups attached to an aromatic ring is 1. The van der Waals surface area contributed by atoms with E-state index in [1.807, 2.05) is 0 Å². The first kappa shape index (κ1) is 12.1. The van der Waals surface area contributed by atoms with Crippen LogP contribution in [0.4, 0.5) is 11.4 Å². The minimum Gasteiger partial charge on any atom is -0.399 e. The molecule has 0 aromatic heterocycles. The van der Waals surface area contributed by atoms with Gasteiger partial charge in [-0.3, -0.25) is 4.72 Å². The van der Waals surface area contributed by atoms with E-state index < -0.39 is 10.2 Å². The Balaban J connectivity index is 3.01. The molecule has 15 heavy (non-hydrogen) atoms. The Labute approximate surface area is 94.0 Å². The minimum atomic E-state index is -3.53. The molecule has 0 atom stereocenters. The normalized spacial score (nSPS) is 11.7. The molecule has 0 heterocycles. The molecule has 5 nitrogen and oxygen atoms in total. The van der Waals surface area contributed by atoms with Crippen LogP contribution in [0, 0.1) is 0 Å². The zero-order valence-electron chi connectivity index (χ0n) is 8.36.